The van der Waals surface area contributed by atoms with Gasteiger partial charge in [0.1, 0.15) is 5.82 Å². The van der Waals surface area contributed by atoms with Crippen LogP contribution in [0.4, 0.5) is 8.78 Å². The molecule has 14 heavy (non-hydrogen) atoms. The maximum Gasteiger partial charge on any atom is 0.491 e. The molecule has 6 heteroatoms. The van der Waals surface area contributed by atoms with Crippen LogP contribution in [0.1, 0.15) is 6.92 Å². The second-order valence-corrected chi connectivity index (χ2v) is 2.61. The summed E-state index contributed by atoms with van der Waals surface area (Å²) in [6, 6.07) is 1.48. The summed E-state index contributed by atoms with van der Waals surface area (Å²) in [5, 5.41) is 17.3. The van der Waals surface area contributed by atoms with Crippen molar-refractivity contribution in [3.8, 4) is 5.75 Å². The summed E-state index contributed by atoms with van der Waals surface area (Å²) < 4.78 is 30.9. The molecule has 0 aliphatic carbocycles. The van der Waals surface area contributed by atoms with Crippen molar-refractivity contribution < 1.29 is 23.6 Å². The molecule has 76 valence electrons. The molecule has 0 unspecified atom stereocenters. The highest BCUT2D eigenvalue weighted by Crippen LogP contribution is 2.16. The highest BCUT2D eigenvalue weighted by molar-refractivity contribution is 6.58. The minimum Gasteiger partial charge on any atom is -0.491 e. The summed E-state index contributed by atoms with van der Waals surface area (Å²) in [5.74, 6) is -1.98. The number of hydrogen-bond acceptors (Lipinski definition) is 3. The van der Waals surface area contributed by atoms with Crippen molar-refractivity contribution in [2.24, 2.45) is 0 Å². The molecular formula is C8H9BF2O3. The summed E-state index contributed by atoms with van der Waals surface area (Å²) in [6.45, 7) is 1.84. The van der Waals surface area contributed by atoms with Gasteiger partial charge in [0.25, 0.3) is 0 Å². The third kappa shape index (κ3) is 2.21. The summed E-state index contributed by atoms with van der Waals surface area (Å²) in [4.78, 5) is 0. The third-order valence-electron chi connectivity index (χ3n) is 1.63. The first kappa shape index (κ1) is 10.9. The van der Waals surface area contributed by atoms with E-state index in [2.05, 4.69) is 0 Å². The number of rotatable bonds is 3. The molecule has 0 atom stereocenters. The minimum absolute atomic E-state index is 0.206. The topological polar surface area (TPSA) is 49.7 Å². The molecular weight excluding hydrogens is 193 g/mol. The minimum atomic E-state index is -2.03. The Morgan fingerprint density at radius 1 is 1.29 bits per heavy atom. The SMILES string of the molecule is CCOc1cc(F)c(B(O)O)cc1F. The van der Waals surface area contributed by atoms with E-state index in [1.165, 1.54) is 0 Å². The molecule has 1 aromatic carbocycles. The quantitative estimate of drug-likeness (QED) is 0.680. The van der Waals surface area contributed by atoms with E-state index in [9.17, 15) is 8.78 Å². The van der Waals surface area contributed by atoms with Gasteiger partial charge in [-0.2, -0.15) is 0 Å². The van der Waals surface area contributed by atoms with Crippen molar-refractivity contribution in [3.63, 3.8) is 0 Å². The van der Waals surface area contributed by atoms with Gasteiger partial charge in [-0.15, -0.1) is 0 Å². The molecule has 0 fully saturated rings. The summed E-state index contributed by atoms with van der Waals surface area (Å²) in [5.41, 5.74) is -0.508. The van der Waals surface area contributed by atoms with E-state index in [0.717, 1.165) is 6.07 Å². The smallest absolute Gasteiger partial charge is 0.491 e. The fourth-order valence-corrected chi connectivity index (χ4v) is 1.01. The van der Waals surface area contributed by atoms with Crippen LogP contribution < -0.4 is 10.2 Å². The van der Waals surface area contributed by atoms with Crippen LogP contribution in [-0.2, 0) is 0 Å². The van der Waals surface area contributed by atoms with Crippen LogP contribution in [-0.4, -0.2) is 23.8 Å². The zero-order chi connectivity index (χ0) is 10.7. The molecule has 0 saturated heterocycles. The van der Waals surface area contributed by atoms with E-state index in [-0.39, 0.29) is 12.4 Å². The number of ether oxygens (including phenoxy) is 1. The fraction of sp³-hybridized carbons (Fsp3) is 0.250. The second-order valence-electron chi connectivity index (χ2n) is 2.61. The summed E-state index contributed by atoms with van der Waals surface area (Å²) in [7, 11) is -2.03. The largest absolute Gasteiger partial charge is 0.491 e. The molecule has 0 amide bonds. The number of hydrogen-bond donors (Lipinski definition) is 2. The van der Waals surface area contributed by atoms with Crippen molar-refractivity contribution in [1.82, 2.24) is 0 Å². The van der Waals surface area contributed by atoms with E-state index >= 15 is 0 Å². The van der Waals surface area contributed by atoms with Gasteiger partial charge in [0.15, 0.2) is 11.6 Å². The number of halogens is 2. The first-order valence-corrected chi connectivity index (χ1v) is 4.04. The average Bonchev–Trinajstić information content (AvgIpc) is 2.10. The molecule has 0 bridgehead atoms. The van der Waals surface area contributed by atoms with Crippen LogP contribution in [0, 0.1) is 11.6 Å². The molecule has 1 aromatic rings. The van der Waals surface area contributed by atoms with Crippen molar-refractivity contribution in [1.29, 1.82) is 0 Å². The van der Waals surface area contributed by atoms with Gasteiger partial charge in [0.2, 0.25) is 0 Å². The Balaban J connectivity index is 3.10. The van der Waals surface area contributed by atoms with Crippen molar-refractivity contribution in [3.05, 3.63) is 23.8 Å². The molecule has 0 radical (unpaired) electrons. The van der Waals surface area contributed by atoms with Crippen molar-refractivity contribution in [2.45, 2.75) is 6.92 Å². The summed E-state index contributed by atoms with van der Waals surface area (Å²) in [6.07, 6.45) is 0. The molecule has 2 N–H and O–H groups in total. The Hall–Kier alpha value is -1.14. The van der Waals surface area contributed by atoms with Crippen LogP contribution in [0.2, 0.25) is 0 Å². The Morgan fingerprint density at radius 3 is 2.43 bits per heavy atom. The predicted octanol–water partition coefficient (Wildman–Crippen LogP) is 0.0433. The molecule has 0 aliphatic rings. The number of benzene rings is 1. The van der Waals surface area contributed by atoms with Gasteiger partial charge in [0, 0.05) is 11.5 Å². The van der Waals surface area contributed by atoms with Crippen molar-refractivity contribution >= 4 is 12.6 Å². The average molecular weight is 202 g/mol. The van der Waals surface area contributed by atoms with Gasteiger partial charge in [-0.1, -0.05) is 0 Å². The Labute approximate surface area is 80.1 Å². The summed E-state index contributed by atoms with van der Waals surface area (Å²) >= 11 is 0. The van der Waals surface area contributed by atoms with Crippen LogP contribution >= 0.6 is 0 Å². The zero-order valence-electron chi connectivity index (χ0n) is 7.50. The third-order valence-corrected chi connectivity index (χ3v) is 1.63. The lowest BCUT2D eigenvalue weighted by molar-refractivity contribution is 0.319. The molecule has 0 aliphatic heterocycles. The van der Waals surface area contributed by atoms with Gasteiger partial charge in [-0.05, 0) is 13.0 Å². The highest BCUT2D eigenvalue weighted by atomic mass is 19.1. The standard InChI is InChI=1S/C8H9BF2O3/c1-2-14-8-4-6(10)5(9(12)13)3-7(8)11/h3-4,12-13H,2H2,1H3. The molecule has 0 spiro atoms. The van der Waals surface area contributed by atoms with Crippen LogP contribution in [0.5, 0.6) is 5.75 Å². The molecule has 1 rings (SSSR count). The van der Waals surface area contributed by atoms with Crippen LogP contribution in [0.3, 0.4) is 0 Å². The predicted molar refractivity (Wildman–Crippen MR) is 47.4 cm³/mol. The van der Waals surface area contributed by atoms with E-state index in [0.29, 0.717) is 6.07 Å². The lowest BCUT2D eigenvalue weighted by Gasteiger charge is -2.07. The van der Waals surface area contributed by atoms with E-state index in [1.807, 2.05) is 0 Å². The van der Waals surface area contributed by atoms with E-state index in [1.54, 1.807) is 6.92 Å². The van der Waals surface area contributed by atoms with Gasteiger partial charge in [-0.25, -0.2) is 8.78 Å². The fourth-order valence-electron chi connectivity index (χ4n) is 1.01. The lowest BCUT2D eigenvalue weighted by atomic mass is 9.80. The molecule has 0 aromatic heterocycles. The lowest BCUT2D eigenvalue weighted by Crippen LogP contribution is -2.33. The maximum atomic E-state index is 13.1. The second kappa shape index (κ2) is 4.39. The highest BCUT2D eigenvalue weighted by Gasteiger charge is 2.19. The van der Waals surface area contributed by atoms with Gasteiger partial charge in [0.05, 0.1) is 6.61 Å². The first-order chi connectivity index (χ1) is 6.56. The first-order valence-electron chi connectivity index (χ1n) is 4.04. The maximum absolute atomic E-state index is 13.1. The van der Waals surface area contributed by atoms with Crippen LogP contribution in [0.15, 0.2) is 12.1 Å². The van der Waals surface area contributed by atoms with E-state index in [4.69, 9.17) is 14.8 Å². The molecule has 0 saturated carbocycles. The van der Waals surface area contributed by atoms with Crippen LogP contribution in [0.25, 0.3) is 0 Å². The van der Waals surface area contributed by atoms with Crippen molar-refractivity contribution in [2.75, 3.05) is 6.61 Å². The monoisotopic (exact) mass is 202 g/mol. The van der Waals surface area contributed by atoms with Gasteiger partial charge in [-0.3, -0.25) is 0 Å². The molecule has 0 heterocycles. The Kier molecular flexibility index (Phi) is 3.43. The Bertz CT molecular complexity index is 331. The molecule has 3 nitrogen and oxygen atoms in total. The zero-order valence-corrected chi connectivity index (χ0v) is 7.50. The van der Waals surface area contributed by atoms with E-state index < -0.39 is 24.2 Å². The van der Waals surface area contributed by atoms with Gasteiger partial charge >= 0.3 is 7.12 Å². The van der Waals surface area contributed by atoms with Gasteiger partial charge < -0.3 is 14.8 Å². The Morgan fingerprint density at radius 2 is 1.93 bits per heavy atom. The normalized spacial score (nSPS) is 10.1.